The molecular formula is C27H33N7O4. The number of nitrogens with two attached hydrogens (primary N) is 2. The predicted molar refractivity (Wildman–Crippen MR) is 146 cm³/mol. The van der Waals surface area contributed by atoms with Gasteiger partial charge in [-0.2, -0.15) is 0 Å². The molecule has 2 heterocycles. The van der Waals surface area contributed by atoms with Crippen LogP contribution in [0.15, 0.2) is 59.7 Å². The van der Waals surface area contributed by atoms with Crippen molar-refractivity contribution in [2.45, 2.75) is 39.0 Å². The van der Waals surface area contributed by atoms with Gasteiger partial charge in [0.25, 0.3) is 5.91 Å². The lowest BCUT2D eigenvalue weighted by Crippen LogP contribution is -2.27. The topological polar surface area (TPSA) is 178 Å². The fraction of sp³-hybridized carbons (Fsp3) is 0.296. The van der Waals surface area contributed by atoms with Gasteiger partial charge in [0.2, 0.25) is 5.91 Å². The highest BCUT2D eigenvalue weighted by atomic mass is 16.4. The Balaban J connectivity index is 2.01. The van der Waals surface area contributed by atoms with E-state index in [0.29, 0.717) is 54.3 Å². The number of aliphatic carboxylic acids is 1. The Labute approximate surface area is 221 Å². The number of hydrogen-bond acceptors (Lipinski definition) is 5. The minimum Gasteiger partial charge on any atom is -0.481 e. The third kappa shape index (κ3) is 7.42. The fourth-order valence-electron chi connectivity index (χ4n) is 4.07. The molecule has 1 aromatic carbocycles. The van der Waals surface area contributed by atoms with Crippen LogP contribution in [-0.2, 0) is 9.59 Å². The Hall–Kier alpha value is -4.67. The second kappa shape index (κ2) is 13.6. The van der Waals surface area contributed by atoms with Crippen LogP contribution in [0.5, 0.6) is 0 Å². The molecule has 2 amide bonds. The van der Waals surface area contributed by atoms with E-state index in [-0.39, 0.29) is 37.0 Å². The fourth-order valence-corrected chi connectivity index (χ4v) is 4.07. The van der Waals surface area contributed by atoms with Crippen molar-refractivity contribution in [3.63, 3.8) is 0 Å². The molecule has 0 radical (unpaired) electrons. The van der Waals surface area contributed by atoms with Gasteiger partial charge >= 0.3 is 5.97 Å². The first-order valence-electron chi connectivity index (χ1n) is 12.4. The van der Waals surface area contributed by atoms with Crippen LogP contribution in [0.25, 0.3) is 17.1 Å². The number of anilines is 1. The van der Waals surface area contributed by atoms with Gasteiger partial charge in [0, 0.05) is 43.5 Å². The second-order valence-electron chi connectivity index (χ2n) is 8.64. The summed E-state index contributed by atoms with van der Waals surface area (Å²) in [5.41, 5.74) is 13.9. The smallest absolute Gasteiger partial charge is 0.303 e. The summed E-state index contributed by atoms with van der Waals surface area (Å²) in [5, 5.41) is 14.8. The number of unbranched alkanes of at least 4 members (excludes halogenated alkanes) is 1. The van der Waals surface area contributed by atoms with Crippen molar-refractivity contribution >= 4 is 29.4 Å². The van der Waals surface area contributed by atoms with E-state index in [1.54, 1.807) is 18.3 Å². The molecule has 3 rings (SSSR count). The summed E-state index contributed by atoms with van der Waals surface area (Å²) in [6, 6.07) is 14.9. The van der Waals surface area contributed by atoms with Crippen LogP contribution in [0.1, 0.15) is 48.2 Å². The summed E-state index contributed by atoms with van der Waals surface area (Å²) in [4.78, 5) is 45.7. The molecule has 0 saturated heterocycles. The first kappa shape index (κ1) is 27.9. The van der Waals surface area contributed by atoms with Crippen LogP contribution in [-0.4, -0.2) is 51.5 Å². The van der Waals surface area contributed by atoms with E-state index in [0.717, 1.165) is 5.69 Å². The van der Waals surface area contributed by atoms with Gasteiger partial charge in [-0.15, -0.1) is 0 Å². The van der Waals surface area contributed by atoms with E-state index < -0.39 is 5.97 Å². The van der Waals surface area contributed by atoms with Gasteiger partial charge in [-0.05, 0) is 50.5 Å². The highest BCUT2D eigenvalue weighted by Crippen LogP contribution is 2.38. The number of hydrogen-bond donors (Lipinski definition) is 5. The van der Waals surface area contributed by atoms with E-state index in [2.05, 4.69) is 20.6 Å². The molecule has 7 N–H and O–H groups in total. The molecule has 11 nitrogen and oxygen atoms in total. The van der Waals surface area contributed by atoms with Crippen molar-refractivity contribution in [2.75, 3.05) is 18.4 Å². The number of nitrogens with one attached hydrogen (secondary N) is 2. The highest BCUT2D eigenvalue weighted by Gasteiger charge is 2.28. The molecule has 0 aliphatic heterocycles. The van der Waals surface area contributed by atoms with Crippen molar-refractivity contribution in [3.05, 3.63) is 66.0 Å². The van der Waals surface area contributed by atoms with Crippen LogP contribution in [0, 0.1) is 6.92 Å². The van der Waals surface area contributed by atoms with Gasteiger partial charge in [-0.3, -0.25) is 24.4 Å². The molecule has 0 unspecified atom stereocenters. The maximum Gasteiger partial charge on any atom is 0.303 e. The third-order valence-corrected chi connectivity index (χ3v) is 5.78. The van der Waals surface area contributed by atoms with Gasteiger partial charge < -0.3 is 31.8 Å². The predicted octanol–water partition coefficient (Wildman–Crippen LogP) is 2.82. The molecule has 0 aliphatic carbocycles. The average molecular weight is 520 g/mol. The number of pyridine rings is 1. The minimum absolute atomic E-state index is 0.00459. The molecule has 200 valence electrons. The number of benzene rings is 1. The average Bonchev–Trinajstić information content (AvgIpc) is 3.18. The molecular weight excluding hydrogens is 486 g/mol. The number of nitrogens with zero attached hydrogens (tertiary/aromatic N) is 3. The lowest BCUT2D eigenvalue weighted by Gasteiger charge is -2.13. The zero-order valence-electron chi connectivity index (χ0n) is 21.3. The summed E-state index contributed by atoms with van der Waals surface area (Å²) < 4.78 is 1.89. The second-order valence-corrected chi connectivity index (χ2v) is 8.64. The normalized spacial score (nSPS) is 10.6. The molecule has 0 fully saturated rings. The Kier molecular flexibility index (Phi) is 9.98. The highest BCUT2D eigenvalue weighted by molar-refractivity contribution is 6.09. The standard InChI is InChI=1S/C27H33N7O4/c1-18-23(26(38)31-16-7-8-17-32-27(28)29)24(33-21(35)13-9-14-22(36)37)25(20-12-5-6-15-30-20)34(18)19-10-3-2-4-11-19/h2-6,10-12,15H,7-9,13-14,16-17H2,1H3,(H,31,38)(H,33,35)(H,36,37)(H4,28,29,32). The van der Waals surface area contributed by atoms with Crippen molar-refractivity contribution in [2.24, 2.45) is 16.5 Å². The van der Waals surface area contributed by atoms with Crippen molar-refractivity contribution < 1.29 is 19.5 Å². The molecule has 38 heavy (non-hydrogen) atoms. The number of rotatable bonds is 13. The summed E-state index contributed by atoms with van der Waals surface area (Å²) in [5.74, 6) is -1.69. The van der Waals surface area contributed by atoms with Gasteiger partial charge in [0.1, 0.15) is 0 Å². The van der Waals surface area contributed by atoms with Crippen LogP contribution in [0.3, 0.4) is 0 Å². The molecule has 0 aliphatic rings. The third-order valence-electron chi connectivity index (χ3n) is 5.78. The molecule has 2 aromatic heterocycles. The van der Waals surface area contributed by atoms with Gasteiger partial charge in [-0.25, -0.2) is 0 Å². The van der Waals surface area contributed by atoms with E-state index in [1.807, 2.05) is 47.9 Å². The first-order valence-corrected chi connectivity index (χ1v) is 12.4. The number of carbonyl (C=O) groups is 3. The number of carbonyl (C=O) groups excluding carboxylic acids is 2. The van der Waals surface area contributed by atoms with Gasteiger partial charge in [-0.1, -0.05) is 24.3 Å². The lowest BCUT2D eigenvalue weighted by molar-refractivity contribution is -0.137. The zero-order valence-corrected chi connectivity index (χ0v) is 21.3. The summed E-state index contributed by atoms with van der Waals surface area (Å²) in [6.07, 6.45) is 3.03. The van der Waals surface area contributed by atoms with Crippen LogP contribution >= 0.6 is 0 Å². The number of amides is 2. The molecule has 0 bridgehead atoms. The molecule has 0 atom stereocenters. The van der Waals surface area contributed by atoms with E-state index >= 15 is 0 Å². The van der Waals surface area contributed by atoms with Gasteiger partial charge in [0.05, 0.1) is 22.6 Å². The van der Waals surface area contributed by atoms with Crippen LogP contribution in [0.4, 0.5) is 5.69 Å². The molecule has 3 aromatic rings. The molecule has 0 spiro atoms. The first-order chi connectivity index (χ1) is 18.3. The SMILES string of the molecule is Cc1c(C(=O)NCCCCN=C(N)N)c(NC(=O)CCCC(=O)O)c(-c2ccccn2)n1-c1ccccc1. The number of aliphatic imine (C=N–C) groups is 1. The molecule has 0 saturated carbocycles. The van der Waals surface area contributed by atoms with E-state index in [9.17, 15) is 14.4 Å². The largest absolute Gasteiger partial charge is 0.481 e. The Morgan fingerprint density at radius 2 is 1.74 bits per heavy atom. The van der Waals surface area contributed by atoms with Crippen LogP contribution in [0.2, 0.25) is 0 Å². The van der Waals surface area contributed by atoms with Crippen molar-refractivity contribution in [1.29, 1.82) is 0 Å². The molecule has 11 heteroatoms. The maximum atomic E-state index is 13.5. The van der Waals surface area contributed by atoms with E-state index in [1.165, 1.54) is 0 Å². The summed E-state index contributed by atoms with van der Waals surface area (Å²) in [7, 11) is 0. The zero-order chi connectivity index (χ0) is 27.5. The monoisotopic (exact) mass is 519 g/mol. The minimum atomic E-state index is -0.974. The Morgan fingerprint density at radius 3 is 2.39 bits per heavy atom. The van der Waals surface area contributed by atoms with Crippen LogP contribution < -0.4 is 22.1 Å². The Morgan fingerprint density at radius 1 is 1.00 bits per heavy atom. The number of carboxylic acid groups (broad SMARTS) is 1. The lowest BCUT2D eigenvalue weighted by atomic mass is 10.1. The maximum absolute atomic E-state index is 13.5. The van der Waals surface area contributed by atoms with Gasteiger partial charge in [0.15, 0.2) is 5.96 Å². The number of carboxylic acids is 1. The van der Waals surface area contributed by atoms with Crippen molar-refractivity contribution in [1.82, 2.24) is 14.9 Å². The summed E-state index contributed by atoms with van der Waals surface area (Å²) >= 11 is 0. The van der Waals surface area contributed by atoms with Crippen molar-refractivity contribution in [3.8, 4) is 17.1 Å². The summed E-state index contributed by atoms with van der Waals surface area (Å²) in [6.45, 7) is 2.66. The number of para-hydroxylation sites is 1. The Bertz CT molecular complexity index is 1280. The van der Waals surface area contributed by atoms with E-state index in [4.69, 9.17) is 16.6 Å². The number of aromatic nitrogens is 2. The number of guanidine groups is 1. The quantitative estimate of drug-likeness (QED) is 0.131.